The van der Waals surface area contributed by atoms with Gasteiger partial charge < -0.3 is 9.97 Å². The molecule has 0 aliphatic rings. The van der Waals surface area contributed by atoms with E-state index in [-0.39, 0.29) is 0 Å². The molecule has 0 saturated heterocycles. The first-order valence-electron chi connectivity index (χ1n) is 8.87. The number of aromatic amines is 2. The molecule has 5 rings (SSSR count). The van der Waals surface area contributed by atoms with Crippen LogP contribution in [0.3, 0.4) is 0 Å². The summed E-state index contributed by atoms with van der Waals surface area (Å²) in [5.41, 5.74) is 6.11. The average molecular weight is 449 g/mol. The third kappa shape index (κ3) is 3.05. The third-order valence-corrected chi connectivity index (χ3v) is 5.53. The highest BCUT2D eigenvalue weighted by Gasteiger charge is 2.17. The summed E-state index contributed by atoms with van der Waals surface area (Å²) in [5.74, 6) is 0.827. The Morgan fingerprint density at radius 1 is 0.857 bits per heavy atom. The normalized spacial score (nSPS) is 11.2. The standard InChI is InChI=1S/C23H15BrClN3/c24-16-8-11-20-18(12-16)19(13-26-20)23-27-21(14-4-2-1-3-5-14)22(28-23)15-6-9-17(25)10-7-15/h1-13,26H,(H,27,28). The SMILES string of the molecule is Clc1ccc(-c2[nH]c(-c3c[nH]c4ccc(Br)cc34)nc2-c2ccccc2)cc1. The van der Waals surface area contributed by atoms with E-state index in [0.717, 1.165) is 49.3 Å². The minimum absolute atomic E-state index is 0.714. The molecule has 3 nitrogen and oxygen atoms in total. The van der Waals surface area contributed by atoms with Crippen molar-refractivity contribution in [2.75, 3.05) is 0 Å². The van der Waals surface area contributed by atoms with Crippen LogP contribution in [-0.2, 0) is 0 Å². The summed E-state index contributed by atoms with van der Waals surface area (Å²) < 4.78 is 1.04. The maximum atomic E-state index is 6.09. The van der Waals surface area contributed by atoms with Crippen LogP contribution in [0.5, 0.6) is 0 Å². The molecule has 0 saturated carbocycles. The smallest absolute Gasteiger partial charge is 0.140 e. The number of fused-ring (bicyclic) bond motifs is 1. The predicted molar refractivity (Wildman–Crippen MR) is 119 cm³/mol. The largest absolute Gasteiger partial charge is 0.360 e. The number of benzene rings is 3. The van der Waals surface area contributed by atoms with Crippen molar-refractivity contribution in [1.29, 1.82) is 0 Å². The molecule has 5 aromatic rings. The van der Waals surface area contributed by atoms with E-state index in [2.05, 4.69) is 50.2 Å². The van der Waals surface area contributed by atoms with Crippen LogP contribution >= 0.6 is 27.5 Å². The van der Waals surface area contributed by atoms with Crippen molar-refractivity contribution in [3.8, 4) is 33.9 Å². The van der Waals surface area contributed by atoms with Gasteiger partial charge in [-0.1, -0.05) is 70.0 Å². The fourth-order valence-electron chi connectivity index (χ4n) is 3.42. The van der Waals surface area contributed by atoms with E-state index in [4.69, 9.17) is 16.6 Å². The van der Waals surface area contributed by atoms with Crippen molar-refractivity contribution in [1.82, 2.24) is 15.0 Å². The van der Waals surface area contributed by atoms with Crippen LogP contribution in [0, 0.1) is 0 Å². The first-order chi connectivity index (χ1) is 13.7. The second kappa shape index (κ2) is 6.97. The Bertz CT molecular complexity index is 1270. The molecular formula is C23H15BrClN3. The van der Waals surface area contributed by atoms with E-state index in [0.29, 0.717) is 5.02 Å². The molecule has 0 amide bonds. The molecule has 2 N–H and O–H groups in total. The molecule has 0 atom stereocenters. The summed E-state index contributed by atoms with van der Waals surface area (Å²) in [5, 5.41) is 1.83. The Morgan fingerprint density at radius 2 is 1.64 bits per heavy atom. The monoisotopic (exact) mass is 447 g/mol. The average Bonchev–Trinajstić information content (AvgIpc) is 3.33. The summed E-state index contributed by atoms with van der Waals surface area (Å²) in [4.78, 5) is 11.8. The van der Waals surface area contributed by atoms with Crippen molar-refractivity contribution in [3.05, 3.63) is 88.5 Å². The maximum absolute atomic E-state index is 6.09. The topological polar surface area (TPSA) is 44.5 Å². The minimum Gasteiger partial charge on any atom is -0.360 e. The van der Waals surface area contributed by atoms with Crippen LogP contribution in [0.1, 0.15) is 0 Å². The zero-order chi connectivity index (χ0) is 19.1. The van der Waals surface area contributed by atoms with Crippen molar-refractivity contribution in [3.63, 3.8) is 0 Å². The third-order valence-electron chi connectivity index (χ3n) is 4.78. The number of H-pyrrole nitrogens is 2. The molecule has 2 heterocycles. The summed E-state index contributed by atoms with van der Waals surface area (Å²) >= 11 is 9.65. The second-order valence-corrected chi connectivity index (χ2v) is 7.93. The zero-order valence-electron chi connectivity index (χ0n) is 14.7. The lowest BCUT2D eigenvalue weighted by Gasteiger charge is -2.03. The quantitative estimate of drug-likeness (QED) is 0.298. The van der Waals surface area contributed by atoms with Crippen LogP contribution in [0.15, 0.2) is 83.5 Å². The first kappa shape index (κ1) is 17.3. The van der Waals surface area contributed by atoms with E-state index in [1.54, 1.807) is 0 Å². The maximum Gasteiger partial charge on any atom is 0.140 e. The fourth-order valence-corrected chi connectivity index (χ4v) is 3.91. The van der Waals surface area contributed by atoms with E-state index < -0.39 is 0 Å². The molecule has 0 fully saturated rings. The molecule has 136 valence electrons. The van der Waals surface area contributed by atoms with E-state index >= 15 is 0 Å². The van der Waals surface area contributed by atoms with Crippen LogP contribution < -0.4 is 0 Å². The van der Waals surface area contributed by atoms with Crippen molar-refractivity contribution >= 4 is 38.4 Å². The molecule has 5 heteroatoms. The number of rotatable bonds is 3. The lowest BCUT2D eigenvalue weighted by Crippen LogP contribution is -1.83. The van der Waals surface area contributed by atoms with Gasteiger partial charge in [0.2, 0.25) is 0 Å². The van der Waals surface area contributed by atoms with Crippen LogP contribution in [0.2, 0.25) is 5.02 Å². The Labute approximate surface area is 175 Å². The number of aromatic nitrogens is 3. The second-order valence-electron chi connectivity index (χ2n) is 6.57. The summed E-state index contributed by atoms with van der Waals surface area (Å²) in [6.45, 7) is 0. The number of nitrogens with one attached hydrogen (secondary N) is 2. The van der Waals surface area contributed by atoms with Gasteiger partial charge in [-0.05, 0) is 30.3 Å². The molecule has 0 radical (unpaired) electrons. The van der Waals surface area contributed by atoms with Crippen LogP contribution in [0.4, 0.5) is 0 Å². The number of hydrogen-bond donors (Lipinski definition) is 2. The predicted octanol–water partition coefficient (Wildman–Crippen LogP) is 7.31. The Balaban J connectivity index is 1.73. The Kier molecular flexibility index (Phi) is 4.30. The number of nitrogens with zero attached hydrogens (tertiary/aromatic N) is 1. The molecule has 0 unspecified atom stereocenters. The van der Waals surface area contributed by atoms with Crippen LogP contribution in [-0.4, -0.2) is 15.0 Å². The van der Waals surface area contributed by atoms with Crippen LogP contribution in [0.25, 0.3) is 44.8 Å². The van der Waals surface area contributed by atoms with Crippen molar-refractivity contribution in [2.24, 2.45) is 0 Å². The first-order valence-corrected chi connectivity index (χ1v) is 10.0. The lowest BCUT2D eigenvalue weighted by molar-refractivity contribution is 1.31. The molecule has 0 aliphatic carbocycles. The molecule has 3 aromatic carbocycles. The number of halogens is 2. The lowest BCUT2D eigenvalue weighted by atomic mass is 10.1. The minimum atomic E-state index is 0.714. The fraction of sp³-hybridized carbons (Fsp3) is 0. The molecule has 28 heavy (non-hydrogen) atoms. The summed E-state index contributed by atoms with van der Waals surface area (Å²) in [6, 6.07) is 24.2. The summed E-state index contributed by atoms with van der Waals surface area (Å²) in [7, 11) is 0. The van der Waals surface area contributed by atoms with Gasteiger partial charge in [0.15, 0.2) is 0 Å². The summed E-state index contributed by atoms with van der Waals surface area (Å²) in [6.07, 6.45) is 2.00. The Morgan fingerprint density at radius 3 is 2.43 bits per heavy atom. The highest BCUT2D eigenvalue weighted by molar-refractivity contribution is 9.10. The van der Waals surface area contributed by atoms with Crippen molar-refractivity contribution < 1.29 is 0 Å². The Hall–Kier alpha value is -2.82. The molecule has 0 aliphatic heterocycles. The number of imidazole rings is 1. The van der Waals surface area contributed by atoms with E-state index in [1.165, 1.54) is 0 Å². The van der Waals surface area contributed by atoms with Gasteiger partial charge in [0.25, 0.3) is 0 Å². The van der Waals surface area contributed by atoms with Gasteiger partial charge in [-0.2, -0.15) is 0 Å². The van der Waals surface area contributed by atoms with Gasteiger partial charge in [0, 0.05) is 43.3 Å². The van der Waals surface area contributed by atoms with Crippen molar-refractivity contribution in [2.45, 2.75) is 0 Å². The molecule has 0 spiro atoms. The molecular weight excluding hydrogens is 434 g/mol. The zero-order valence-corrected chi connectivity index (χ0v) is 17.1. The highest BCUT2D eigenvalue weighted by atomic mass is 79.9. The van der Waals surface area contributed by atoms with Gasteiger partial charge >= 0.3 is 0 Å². The van der Waals surface area contributed by atoms with E-state index in [9.17, 15) is 0 Å². The van der Waals surface area contributed by atoms with Gasteiger partial charge in [-0.15, -0.1) is 0 Å². The molecule has 0 bridgehead atoms. The van der Waals surface area contributed by atoms with Gasteiger partial charge in [-0.25, -0.2) is 4.98 Å². The van der Waals surface area contributed by atoms with Gasteiger partial charge in [0.1, 0.15) is 5.82 Å². The van der Waals surface area contributed by atoms with Gasteiger partial charge in [-0.3, -0.25) is 0 Å². The number of hydrogen-bond acceptors (Lipinski definition) is 1. The van der Waals surface area contributed by atoms with Gasteiger partial charge in [0.05, 0.1) is 11.4 Å². The van der Waals surface area contributed by atoms with E-state index in [1.807, 2.05) is 54.7 Å². The highest BCUT2D eigenvalue weighted by Crippen LogP contribution is 2.36. The molecule has 2 aromatic heterocycles.